The lowest BCUT2D eigenvalue weighted by molar-refractivity contribution is -0.893. The van der Waals surface area contributed by atoms with E-state index in [-0.39, 0.29) is 36.7 Å². The molecule has 0 aromatic rings. The Hall–Kier alpha value is 0.610. The van der Waals surface area contributed by atoms with Crippen LogP contribution in [0.25, 0.3) is 0 Å². The van der Waals surface area contributed by atoms with Gasteiger partial charge in [-0.15, -0.1) is 0 Å². The second-order valence-electron chi connectivity index (χ2n) is 8.25. The van der Waals surface area contributed by atoms with Crippen LogP contribution in [0.4, 0.5) is 0 Å². The average molecular weight is 472 g/mol. The van der Waals surface area contributed by atoms with Crippen molar-refractivity contribution in [3.05, 3.63) is 0 Å². The Labute approximate surface area is 175 Å². The van der Waals surface area contributed by atoms with Crippen molar-refractivity contribution in [3.63, 3.8) is 0 Å². The number of hydrogen-bond acceptors (Lipinski definition) is 2. The Kier molecular flexibility index (Phi) is 21.6. The summed E-state index contributed by atoms with van der Waals surface area (Å²) in [5.74, 6) is 0. The van der Waals surface area contributed by atoms with Crippen molar-refractivity contribution in [3.8, 4) is 0 Å². The summed E-state index contributed by atoms with van der Waals surface area (Å²) >= 11 is 0. The molecule has 25 heavy (non-hydrogen) atoms. The lowest BCUT2D eigenvalue weighted by Crippen LogP contribution is -3.00. The number of nitrogens with zero attached hydrogens (tertiary/aromatic N) is 1. The zero-order valence-electron chi connectivity index (χ0n) is 17.3. The topological polar surface area (TPSA) is 40.5 Å². The van der Waals surface area contributed by atoms with E-state index in [9.17, 15) is 5.11 Å². The van der Waals surface area contributed by atoms with Crippen LogP contribution in [0.15, 0.2) is 0 Å². The standard InChI is InChI=1S/C21H46NO2.HI/c1-4-5-6-7-8-9-10-11-12-13-14-15-16-17-21(24)20-22(2,3)18-19-23;/h21,23-24H,4-20H2,1-3H3;1H/q+1;/p-1/t21-;/m1./s1. The van der Waals surface area contributed by atoms with Gasteiger partial charge in [0.05, 0.1) is 20.7 Å². The quantitative estimate of drug-likeness (QED) is 0.182. The largest absolute Gasteiger partial charge is 1.00 e. The van der Waals surface area contributed by atoms with Gasteiger partial charge in [-0.3, -0.25) is 0 Å². The molecule has 0 amide bonds. The molecule has 2 N–H and O–H groups in total. The molecule has 0 unspecified atom stereocenters. The van der Waals surface area contributed by atoms with Gasteiger partial charge < -0.3 is 38.7 Å². The highest BCUT2D eigenvalue weighted by Gasteiger charge is 2.19. The van der Waals surface area contributed by atoms with Gasteiger partial charge >= 0.3 is 0 Å². The van der Waals surface area contributed by atoms with E-state index in [1.807, 2.05) is 0 Å². The van der Waals surface area contributed by atoms with E-state index in [1.54, 1.807) is 0 Å². The fourth-order valence-electron chi connectivity index (χ4n) is 3.42. The monoisotopic (exact) mass is 471 g/mol. The van der Waals surface area contributed by atoms with Gasteiger partial charge in [-0.25, -0.2) is 0 Å². The molecule has 0 aromatic heterocycles. The van der Waals surface area contributed by atoms with Crippen molar-refractivity contribution in [2.75, 3.05) is 33.8 Å². The summed E-state index contributed by atoms with van der Waals surface area (Å²) in [6.45, 7) is 3.94. The fraction of sp³-hybridized carbons (Fsp3) is 1.00. The fourth-order valence-corrected chi connectivity index (χ4v) is 3.42. The first-order valence-corrected chi connectivity index (χ1v) is 10.6. The molecular weight excluding hydrogens is 425 g/mol. The summed E-state index contributed by atoms with van der Waals surface area (Å²) < 4.78 is 0.704. The first-order chi connectivity index (χ1) is 11.5. The molecule has 3 nitrogen and oxygen atoms in total. The molecule has 0 bridgehead atoms. The molecule has 0 saturated carbocycles. The summed E-state index contributed by atoms with van der Waals surface area (Å²) in [7, 11) is 4.15. The van der Waals surface area contributed by atoms with Gasteiger partial charge in [-0.05, 0) is 6.42 Å². The minimum Gasteiger partial charge on any atom is -1.00 e. The molecule has 154 valence electrons. The molecule has 0 aliphatic carbocycles. The Morgan fingerprint density at radius 3 is 1.52 bits per heavy atom. The molecule has 1 atom stereocenters. The summed E-state index contributed by atoms with van der Waals surface area (Å²) in [4.78, 5) is 0. The molecule has 0 aliphatic rings. The number of hydrogen-bond donors (Lipinski definition) is 2. The minimum absolute atomic E-state index is 0. The summed E-state index contributed by atoms with van der Waals surface area (Å²) in [5.41, 5.74) is 0. The first kappa shape index (κ1) is 27.8. The molecule has 4 heteroatoms. The molecule has 0 aromatic carbocycles. The molecule has 0 spiro atoms. The molecule has 0 fully saturated rings. The van der Waals surface area contributed by atoms with Crippen molar-refractivity contribution in [1.29, 1.82) is 0 Å². The Balaban J connectivity index is 0. The van der Waals surface area contributed by atoms with Crippen molar-refractivity contribution < 1.29 is 38.7 Å². The van der Waals surface area contributed by atoms with Crippen LogP contribution in [-0.2, 0) is 0 Å². The van der Waals surface area contributed by atoms with E-state index >= 15 is 0 Å². The molecule has 0 aliphatic heterocycles. The van der Waals surface area contributed by atoms with E-state index in [4.69, 9.17) is 5.11 Å². The maximum atomic E-state index is 10.1. The van der Waals surface area contributed by atoms with Crippen LogP contribution in [0.5, 0.6) is 0 Å². The number of aliphatic hydroxyl groups is 2. The first-order valence-electron chi connectivity index (χ1n) is 10.6. The van der Waals surface area contributed by atoms with Gasteiger partial charge in [-0.1, -0.05) is 90.4 Å². The van der Waals surface area contributed by atoms with E-state index in [0.29, 0.717) is 4.48 Å². The molecule has 0 saturated heterocycles. The van der Waals surface area contributed by atoms with Crippen LogP contribution < -0.4 is 24.0 Å². The minimum atomic E-state index is -0.223. The third-order valence-corrected chi connectivity index (χ3v) is 5.05. The van der Waals surface area contributed by atoms with Crippen molar-refractivity contribution >= 4 is 0 Å². The van der Waals surface area contributed by atoms with Gasteiger partial charge in [0.15, 0.2) is 0 Å². The van der Waals surface area contributed by atoms with E-state index in [2.05, 4.69) is 21.0 Å². The Bertz CT molecular complexity index is 262. The van der Waals surface area contributed by atoms with Crippen LogP contribution in [0.2, 0.25) is 0 Å². The second kappa shape index (κ2) is 19.4. The van der Waals surface area contributed by atoms with Gasteiger partial charge in [0.1, 0.15) is 19.2 Å². The molecule has 0 heterocycles. The smallest absolute Gasteiger partial charge is 0.105 e. The number of unbranched alkanes of at least 4 members (excludes halogenated alkanes) is 12. The zero-order chi connectivity index (χ0) is 18.1. The number of likely N-dealkylation sites (N-methyl/N-ethyl adjacent to an activating group) is 1. The normalized spacial score (nSPS) is 12.8. The van der Waals surface area contributed by atoms with Crippen molar-refractivity contribution in [1.82, 2.24) is 0 Å². The second-order valence-corrected chi connectivity index (χ2v) is 8.25. The predicted molar refractivity (Wildman–Crippen MR) is 105 cm³/mol. The van der Waals surface area contributed by atoms with Gasteiger partial charge in [-0.2, -0.15) is 0 Å². The lowest BCUT2D eigenvalue weighted by atomic mass is 10.0. The van der Waals surface area contributed by atoms with Crippen LogP contribution in [-0.4, -0.2) is 54.6 Å². The molecular formula is C21H46INO2. The van der Waals surface area contributed by atoms with Gasteiger partial charge in [0.2, 0.25) is 0 Å². The maximum absolute atomic E-state index is 10.1. The third kappa shape index (κ3) is 20.8. The third-order valence-electron chi connectivity index (χ3n) is 5.05. The lowest BCUT2D eigenvalue weighted by Gasteiger charge is -2.31. The highest BCUT2D eigenvalue weighted by molar-refractivity contribution is 4.56. The van der Waals surface area contributed by atoms with Crippen LogP contribution >= 0.6 is 0 Å². The molecule has 0 radical (unpaired) electrons. The van der Waals surface area contributed by atoms with Crippen molar-refractivity contribution in [2.45, 2.75) is 103 Å². The van der Waals surface area contributed by atoms with Crippen LogP contribution in [0.1, 0.15) is 96.8 Å². The zero-order valence-corrected chi connectivity index (χ0v) is 19.5. The summed E-state index contributed by atoms with van der Waals surface area (Å²) in [6.07, 6.45) is 18.4. The Morgan fingerprint density at radius 2 is 1.12 bits per heavy atom. The van der Waals surface area contributed by atoms with E-state index in [1.165, 1.54) is 77.0 Å². The maximum Gasteiger partial charge on any atom is 0.105 e. The summed E-state index contributed by atoms with van der Waals surface area (Å²) in [6, 6.07) is 0. The van der Waals surface area contributed by atoms with Gasteiger partial charge in [0.25, 0.3) is 0 Å². The number of rotatable bonds is 18. The highest BCUT2D eigenvalue weighted by Crippen LogP contribution is 2.14. The van der Waals surface area contributed by atoms with Crippen LogP contribution in [0.3, 0.4) is 0 Å². The summed E-state index contributed by atoms with van der Waals surface area (Å²) in [5, 5.41) is 19.1. The van der Waals surface area contributed by atoms with Crippen LogP contribution in [0, 0.1) is 0 Å². The number of aliphatic hydroxyl groups excluding tert-OH is 2. The SMILES string of the molecule is CCCCCCCCCCCCCCC[C@@H](O)C[N+](C)(C)CCO.[I-]. The average Bonchev–Trinajstić information content (AvgIpc) is 2.51. The van der Waals surface area contributed by atoms with E-state index < -0.39 is 0 Å². The Morgan fingerprint density at radius 1 is 0.720 bits per heavy atom. The van der Waals surface area contributed by atoms with Crippen molar-refractivity contribution in [2.24, 2.45) is 0 Å². The molecule has 0 rings (SSSR count). The van der Waals surface area contributed by atoms with E-state index in [0.717, 1.165) is 25.9 Å². The highest BCUT2D eigenvalue weighted by atomic mass is 127. The number of quaternary nitrogens is 1. The predicted octanol–water partition coefficient (Wildman–Crippen LogP) is 1.90. The number of halogens is 1. The van der Waals surface area contributed by atoms with Gasteiger partial charge in [0, 0.05) is 0 Å².